The molecule has 2 aromatic rings. The van der Waals surface area contributed by atoms with Crippen LogP contribution in [-0.2, 0) is 12.6 Å². The summed E-state index contributed by atoms with van der Waals surface area (Å²) in [5.74, 6) is 0.221. The van der Waals surface area contributed by atoms with Crippen molar-refractivity contribution in [1.29, 1.82) is 0 Å². The molecular formula is C14H11F3N2O. The van der Waals surface area contributed by atoms with Crippen LogP contribution in [0, 0.1) is 6.92 Å². The highest BCUT2D eigenvalue weighted by Crippen LogP contribution is 2.29. The van der Waals surface area contributed by atoms with Gasteiger partial charge in [0.2, 0.25) is 0 Å². The number of hydrogen-bond acceptors (Lipinski definition) is 3. The van der Waals surface area contributed by atoms with Crippen LogP contribution in [0.3, 0.4) is 0 Å². The summed E-state index contributed by atoms with van der Waals surface area (Å²) in [5.41, 5.74) is 0.0447. The van der Waals surface area contributed by atoms with E-state index in [1.807, 2.05) is 0 Å². The molecule has 0 amide bonds. The highest BCUT2D eigenvalue weighted by atomic mass is 19.4. The predicted octanol–water partition coefficient (Wildman–Crippen LogP) is 3.23. The van der Waals surface area contributed by atoms with Crippen LogP contribution >= 0.6 is 0 Å². The molecule has 0 saturated carbocycles. The van der Waals surface area contributed by atoms with Crippen molar-refractivity contribution in [1.82, 2.24) is 9.97 Å². The summed E-state index contributed by atoms with van der Waals surface area (Å²) in [7, 11) is 0. The van der Waals surface area contributed by atoms with E-state index in [0.717, 1.165) is 12.1 Å². The molecular weight excluding hydrogens is 269 g/mol. The minimum absolute atomic E-state index is 0.00852. The Balaban J connectivity index is 2.12. The van der Waals surface area contributed by atoms with Crippen molar-refractivity contribution < 1.29 is 18.0 Å². The fourth-order valence-corrected chi connectivity index (χ4v) is 1.70. The Bertz CT molecular complexity index is 621. The second-order valence-electron chi connectivity index (χ2n) is 4.28. The molecule has 0 unspecified atom stereocenters. The van der Waals surface area contributed by atoms with Gasteiger partial charge in [-0.05, 0) is 30.7 Å². The summed E-state index contributed by atoms with van der Waals surface area (Å²) in [6, 6.07) is 6.02. The SMILES string of the molecule is Cc1nccc(C(=O)Cc2ccc(C(F)(F)F)cc2)n1. The minimum atomic E-state index is -4.37. The van der Waals surface area contributed by atoms with Gasteiger partial charge in [-0.25, -0.2) is 9.97 Å². The molecule has 0 atom stereocenters. The van der Waals surface area contributed by atoms with Gasteiger partial charge in [0.25, 0.3) is 0 Å². The molecule has 0 fully saturated rings. The van der Waals surface area contributed by atoms with E-state index in [0.29, 0.717) is 11.4 Å². The van der Waals surface area contributed by atoms with Gasteiger partial charge in [-0.3, -0.25) is 4.79 Å². The summed E-state index contributed by atoms with van der Waals surface area (Å²) in [4.78, 5) is 19.8. The maximum Gasteiger partial charge on any atom is 0.416 e. The van der Waals surface area contributed by atoms with Gasteiger partial charge >= 0.3 is 6.18 Å². The first-order chi connectivity index (χ1) is 9.36. The summed E-state index contributed by atoms with van der Waals surface area (Å²) in [6.45, 7) is 1.66. The van der Waals surface area contributed by atoms with E-state index in [4.69, 9.17) is 0 Å². The Morgan fingerprint density at radius 3 is 2.35 bits per heavy atom. The molecule has 6 heteroatoms. The second kappa shape index (κ2) is 5.40. The van der Waals surface area contributed by atoms with Gasteiger partial charge in [0.15, 0.2) is 5.78 Å². The summed E-state index contributed by atoms with van der Waals surface area (Å²) in [6.07, 6.45) is -2.89. The van der Waals surface area contributed by atoms with E-state index in [9.17, 15) is 18.0 Å². The maximum absolute atomic E-state index is 12.4. The monoisotopic (exact) mass is 280 g/mol. The smallest absolute Gasteiger partial charge is 0.292 e. The molecule has 0 aliphatic heterocycles. The number of benzene rings is 1. The molecule has 0 N–H and O–H groups in total. The molecule has 20 heavy (non-hydrogen) atoms. The van der Waals surface area contributed by atoms with Crippen LogP contribution in [0.2, 0.25) is 0 Å². The lowest BCUT2D eigenvalue weighted by Crippen LogP contribution is -2.08. The quantitative estimate of drug-likeness (QED) is 0.811. The zero-order chi connectivity index (χ0) is 14.8. The molecule has 1 aromatic carbocycles. The van der Waals surface area contributed by atoms with Crippen LogP contribution in [0.25, 0.3) is 0 Å². The number of ketones is 1. The molecule has 0 saturated heterocycles. The van der Waals surface area contributed by atoms with Crippen LogP contribution in [0.4, 0.5) is 13.2 Å². The van der Waals surface area contributed by atoms with Gasteiger partial charge in [0.05, 0.1) is 5.56 Å². The van der Waals surface area contributed by atoms with E-state index in [2.05, 4.69) is 9.97 Å². The van der Waals surface area contributed by atoms with Crippen LogP contribution in [0.5, 0.6) is 0 Å². The second-order valence-corrected chi connectivity index (χ2v) is 4.28. The van der Waals surface area contributed by atoms with E-state index in [1.165, 1.54) is 24.4 Å². The van der Waals surface area contributed by atoms with Gasteiger partial charge in [0.1, 0.15) is 11.5 Å². The highest BCUT2D eigenvalue weighted by Gasteiger charge is 2.29. The number of Topliss-reactive ketones (excluding diaryl/α,β-unsaturated/α-hetero) is 1. The minimum Gasteiger partial charge on any atom is -0.292 e. The average Bonchev–Trinajstić information content (AvgIpc) is 2.38. The fraction of sp³-hybridized carbons (Fsp3) is 0.214. The van der Waals surface area contributed by atoms with Crippen molar-refractivity contribution >= 4 is 5.78 Å². The first-order valence-electron chi connectivity index (χ1n) is 5.85. The molecule has 0 aliphatic rings. The molecule has 0 aliphatic carbocycles. The topological polar surface area (TPSA) is 42.9 Å². The third-order valence-electron chi connectivity index (χ3n) is 2.71. The first kappa shape index (κ1) is 14.2. The van der Waals surface area contributed by atoms with E-state index >= 15 is 0 Å². The summed E-state index contributed by atoms with van der Waals surface area (Å²) in [5, 5.41) is 0. The van der Waals surface area contributed by atoms with Crippen molar-refractivity contribution in [2.24, 2.45) is 0 Å². The molecule has 1 aromatic heterocycles. The average molecular weight is 280 g/mol. The number of carbonyl (C=O) groups is 1. The third-order valence-corrected chi connectivity index (χ3v) is 2.71. The molecule has 0 radical (unpaired) electrons. The number of nitrogens with zero attached hydrogens (tertiary/aromatic N) is 2. The number of carbonyl (C=O) groups excluding carboxylic acids is 1. The van der Waals surface area contributed by atoms with Crippen molar-refractivity contribution in [2.75, 3.05) is 0 Å². The lowest BCUT2D eigenvalue weighted by atomic mass is 10.0. The van der Waals surface area contributed by atoms with E-state index in [-0.39, 0.29) is 17.9 Å². The molecule has 0 spiro atoms. The van der Waals surface area contributed by atoms with Crippen LogP contribution < -0.4 is 0 Å². The Kier molecular flexibility index (Phi) is 3.83. The Morgan fingerprint density at radius 1 is 1.15 bits per heavy atom. The predicted molar refractivity (Wildman–Crippen MR) is 66.2 cm³/mol. The van der Waals surface area contributed by atoms with Crippen LogP contribution in [-0.4, -0.2) is 15.8 Å². The van der Waals surface area contributed by atoms with Crippen molar-refractivity contribution in [3.63, 3.8) is 0 Å². The Labute approximate surface area is 113 Å². The normalized spacial score (nSPS) is 11.4. The first-order valence-corrected chi connectivity index (χ1v) is 5.85. The van der Waals surface area contributed by atoms with Crippen LogP contribution in [0.1, 0.15) is 27.4 Å². The van der Waals surface area contributed by atoms with Gasteiger partial charge in [-0.15, -0.1) is 0 Å². The largest absolute Gasteiger partial charge is 0.416 e. The Morgan fingerprint density at radius 2 is 1.80 bits per heavy atom. The van der Waals surface area contributed by atoms with Crippen molar-refractivity contribution in [3.05, 3.63) is 59.2 Å². The molecule has 1 heterocycles. The lowest BCUT2D eigenvalue weighted by molar-refractivity contribution is -0.137. The lowest BCUT2D eigenvalue weighted by Gasteiger charge is -2.07. The molecule has 3 nitrogen and oxygen atoms in total. The van der Waals surface area contributed by atoms with Crippen molar-refractivity contribution in [3.8, 4) is 0 Å². The molecule has 104 valence electrons. The van der Waals surface area contributed by atoms with Gasteiger partial charge < -0.3 is 0 Å². The van der Waals surface area contributed by atoms with Gasteiger partial charge in [-0.2, -0.15) is 13.2 Å². The zero-order valence-corrected chi connectivity index (χ0v) is 10.6. The van der Waals surface area contributed by atoms with Crippen LogP contribution in [0.15, 0.2) is 36.5 Å². The van der Waals surface area contributed by atoms with E-state index < -0.39 is 11.7 Å². The highest BCUT2D eigenvalue weighted by molar-refractivity contribution is 5.95. The zero-order valence-electron chi connectivity index (χ0n) is 10.6. The third kappa shape index (κ3) is 3.40. The number of hydrogen-bond donors (Lipinski definition) is 0. The Hall–Kier alpha value is -2.24. The summed E-state index contributed by atoms with van der Waals surface area (Å²) >= 11 is 0. The fourth-order valence-electron chi connectivity index (χ4n) is 1.70. The standard InChI is InChI=1S/C14H11F3N2O/c1-9-18-7-6-12(19-9)13(20)8-10-2-4-11(5-3-10)14(15,16)17/h2-7H,8H2,1H3. The number of halogens is 3. The maximum atomic E-state index is 12.4. The number of aromatic nitrogens is 2. The summed E-state index contributed by atoms with van der Waals surface area (Å²) < 4.78 is 37.2. The van der Waals surface area contributed by atoms with E-state index in [1.54, 1.807) is 6.92 Å². The number of alkyl halides is 3. The van der Waals surface area contributed by atoms with Gasteiger partial charge in [-0.1, -0.05) is 12.1 Å². The number of aryl methyl sites for hydroxylation is 1. The van der Waals surface area contributed by atoms with Crippen molar-refractivity contribution in [2.45, 2.75) is 19.5 Å². The number of rotatable bonds is 3. The van der Waals surface area contributed by atoms with Gasteiger partial charge in [0, 0.05) is 12.6 Å². The molecule has 0 bridgehead atoms. The molecule has 2 rings (SSSR count).